The minimum Gasteiger partial charge on any atom is -0.481 e. The van der Waals surface area contributed by atoms with Crippen LogP contribution in [0.3, 0.4) is 0 Å². The number of aliphatic carboxylic acids is 2. The van der Waals surface area contributed by atoms with Crippen molar-refractivity contribution in [3.63, 3.8) is 0 Å². The number of hydrogen-bond donors (Lipinski definition) is 2. The summed E-state index contributed by atoms with van der Waals surface area (Å²) in [7, 11) is 1.32. The quantitative estimate of drug-likeness (QED) is 0.534. The van der Waals surface area contributed by atoms with E-state index in [1.165, 1.54) is 7.11 Å². The summed E-state index contributed by atoms with van der Waals surface area (Å²) in [5.74, 6) is -2.53. The van der Waals surface area contributed by atoms with E-state index in [1.807, 2.05) is 0 Å². The van der Waals surface area contributed by atoms with E-state index in [4.69, 9.17) is 10.2 Å². The van der Waals surface area contributed by atoms with Crippen LogP contribution in [-0.4, -0.2) is 42.2 Å². The maximum Gasteiger partial charge on any atom is 0.333 e. The molecule has 0 aliphatic carbocycles. The third-order valence-corrected chi connectivity index (χ3v) is 1.02. The van der Waals surface area contributed by atoms with Gasteiger partial charge in [0.25, 0.3) is 0 Å². The molecule has 1 atom stereocenters. The molecule has 0 rings (SSSR count). The van der Waals surface area contributed by atoms with Crippen LogP contribution in [0.25, 0.3) is 0 Å². The van der Waals surface area contributed by atoms with Crippen molar-refractivity contribution >= 4 is 11.9 Å². The van der Waals surface area contributed by atoms with Gasteiger partial charge in [-0.15, -0.1) is 0 Å². The molecule has 70 valence electrons. The second-order valence-corrected chi connectivity index (χ2v) is 2.00. The third kappa shape index (κ3) is 4.64. The molecule has 0 bridgehead atoms. The number of carbonyl (C=O) groups is 2. The van der Waals surface area contributed by atoms with Gasteiger partial charge in [0.2, 0.25) is 0 Å². The summed E-state index contributed by atoms with van der Waals surface area (Å²) in [4.78, 5) is 20.4. The van der Waals surface area contributed by atoms with Crippen molar-refractivity contribution in [1.29, 1.82) is 0 Å². The van der Waals surface area contributed by atoms with Crippen LogP contribution in [0.4, 0.5) is 0 Å². The van der Waals surface area contributed by atoms with Gasteiger partial charge >= 0.3 is 11.9 Å². The zero-order valence-corrected chi connectivity index (χ0v) is 6.52. The maximum atomic E-state index is 10.3. The van der Waals surface area contributed by atoms with Gasteiger partial charge in [-0.25, -0.2) is 4.79 Å². The summed E-state index contributed by atoms with van der Waals surface area (Å²) < 4.78 is 8.99. The van der Waals surface area contributed by atoms with Gasteiger partial charge in [0.1, 0.15) is 6.79 Å². The SMILES string of the molecule is COCOC(CC(=O)O)C(=O)O. The lowest BCUT2D eigenvalue weighted by molar-refractivity contribution is -0.164. The van der Waals surface area contributed by atoms with Crippen LogP contribution in [0.15, 0.2) is 0 Å². The molecule has 0 fully saturated rings. The molecule has 0 aliphatic heterocycles. The highest BCUT2D eigenvalue weighted by Crippen LogP contribution is 1.98. The van der Waals surface area contributed by atoms with Crippen LogP contribution in [-0.2, 0) is 19.1 Å². The molecule has 0 aliphatic rings. The van der Waals surface area contributed by atoms with Crippen LogP contribution in [0.5, 0.6) is 0 Å². The fourth-order valence-corrected chi connectivity index (χ4v) is 0.526. The molecule has 2 N–H and O–H groups in total. The molecule has 1 unspecified atom stereocenters. The van der Waals surface area contributed by atoms with Crippen molar-refractivity contribution < 1.29 is 29.3 Å². The summed E-state index contributed by atoms with van der Waals surface area (Å²) >= 11 is 0. The monoisotopic (exact) mass is 178 g/mol. The number of hydrogen-bond acceptors (Lipinski definition) is 4. The number of carboxylic acids is 2. The van der Waals surface area contributed by atoms with Crippen LogP contribution in [0.1, 0.15) is 6.42 Å². The molecule has 0 saturated heterocycles. The van der Waals surface area contributed by atoms with E-state index in [0.717, 1.165) is 0 Å². The lowest BCUT2D eigenvalue weighted by Crippen LogP contribution is -2.27. The minimum atomic E-state index is -1.34. The van der Waals surface area contributed by atoms with Crippen molar-refractivity contribution in [2.45, 2.75) is 12.5 Å². The Morgan fingerprint density at radius 3 is 2.33 bits per heavy atom. The smallest absolute Gasteiger partial charge is 0.333 e. The molecular weight excluding hydrogens is 168 g/mol. The average molecular weight is 178 g/mol. The summed E-state index contributed by atoms with van der Waals surface area (Å²) in [6.45, 7) is -0.232. The zero-order valence-electron chi connectivity index (χ0n) is 6.52. The van der Waals surface area contributed by atoms with Crippen LogP contribution >= 0.6 is 0 Å². The highest BCUT2D eigenvalue weighted by atomic mass is 16.7. The molecule has 12 heavy (non-hydrogen) atoms. The lowest BCUT2D eigenvalue weighted by atomic mass is 10.2. The molecule has 6 nitrogen and oxygen atoms in total. The van der Waals surface area contributed by atoms with Crippen molar-refractivity contribution in [3.8, 4) is 0 Å². The second kappa shape index (κ2) is 5.50. The molecule has 0 heterocycles. The molecule has 0 radical (unpaired) electrons. The van der Waals surface area contributed by atoms with E-state index in [0.29, 0.717) is 0 Å². The average Bonchev–Trinajstić information content (AvgIpc) is 1.96. The largest absolute Gasteiger partial charge is 0.481 e. The molecular formula is C6H10O6. The Hall–Kier alpha value is -1.14. The molecule has 0 aromatic carbocycles. The predicted molar refractivity (Wildman–Crippen MR) is 36.6 cm³/mol. The normalized spacial score (nSPS) is 12.4. The highest BCUT2D eigenvalue weighted by Gasteiger charge is 2.21. The van der Waals surface area contributed by atoms with Gasteiger partial charge in [0, 0.05) is 7.11 Å². The van der Waals surface area contributed by atoms with Crippen molar-refractivity contribution in [2.75, 3.05) is 13.9 Å². The molecule has 0 saturated carbocycles. The van der Waals surface area contributed by atoms with E-state index >= 15 is 0 Å². The standard InChI is InChI=1S/C6H10O6/c1-11-3-12-4(6(9)10)2-5(7)8/h4H,2-3H2,1H3,(H,7,8)(H,9,10). The van der Waals surface area contributed by atoms with E-state index < -0.39 is 24.5 Å². The zero-order chi connectivity index (χ0) is 9.56. The van der Waals surface area contributed by atoms with E-state index in [-0.39, 0.29) is 6.79 Å². The molecule has 0 amide bonds. The Bertz CT molecular complexity index is 165. The van der Waals surface area contributed by atoms with Gasteiger partial charge in [-0.3, -0.25) is 4.79 Å². The predicted octanol–water partition coefficient (Wildman–Crippen LogP) is -0.465. The van der Waals surface area contributed by atoms with Gasteiger partial charge in [-0.2, -0.15) is 0 Å². The Balaban J connectivity index is 3.87. The van der Waals surface area contributed by atoms with Gasteiger partial charge in [0.15, 0.2) is 6.10 Å². The Labute approximate surface area is 68.7 Å². The lowest BCUT2D eigenvalue weighted by Gasteiger charge is -2.09. The Kier molecular flexibility index (Phi) is 4.98. The summed E-state index contributed by atoms with van der Waals surface area (Å²) in [6, 6.07) is 0. The third-order valence-electron chi connectivity index (χ3n) is 1.02. The second-order valence-electron chi connectivity index (χ2n) is 2.00. The Morgan fingerprint density at radius 2 is 2.00 bits per heavy atom. The van der Waals surface area contributed by atoms with Crippen LogP contribution in [0, 0.1) is 0 Å². The maximum absolute atomic E-state index is 10.3. The summed E-state index contributed by atoms with van der Waals surface area (Å²) in [6.07, 6.45) is -1.92. The van der Waals surface area contributed by atoms with Crippen LogP contribution in [0.2, 0.25) is 0 Å². The summed E-state index contributed by atoms with van der Waals surface area (Å²) in [5, 5.41) is 16.7. The molecule has 0 aromatic rings. The van der Waals surface area contributed by atoms with E-state index in [9.17, 15) is 9.59 Å². The van der Waals surface area contributed by atoms with E-state index in [2.05, 4.69) is 9.47 Å². The van der Waals surface area contributed by atoms with Gasteiger partial charge in [0.05, 0.1) is 6.42 Å². The fourth-order valence-electron chi connectivity index (χ4n) is 0.526. The first-order valence-electron chi connectivity index (χ1n) is 3.13. The van der Waals surface area contributed by atoms with Crippen molar-refractivity contribution in [1.82, 2.24) is 0 Å². The van der Waals surface area contributed by atoms with Gasteiger partial charge in [-0.1, -0.05) is 0 Å². The first kappa shape index (κ1) is 10.9. The van der Waals surface area contributed by atoms with Gasteiger partial charge < -0.3 is 19.7 Å². The first-order chi connectivity index (χ1) is 5.57. The topological polar surface area (TPSA) is 93.1 Å². The number of rotatable bonds is 6. The molecule has 0 aromatic heterocycles. The first-order valence-corrected chi connectivity index (χ1v) is 3.13. The van der Waals surface area contributed by atoms with E-state index in [1.54, 1.807) is 0 Å². The number of methoxy groups -OCH3 is 1. The molecule has 6 heteroatoms. The van der Waals surface area contributed by atoms with Crippen molar-refractivity contribution in [3.05, 3.63) is 0 Å². The number of ether oxygens (including phenoxy) is 2. The highest BCUT2D eigenvalue weighted by molar-refractivity contribution is 5.79. The Morgan fingerprint density at radius 1 is 1.42 bits per heavy atom. The number of carboxylic acid groups (broad SMARTS) is 2. The minimum absolute atomic E-state index is 0.232. The van der Waals surface area contributed by atoms with Gasteiger partial charge in [-0.05, 0) is 0 Å². The van der Waals surface area contributed by atoms with Crippen LogP contribution < -0.4 is 0 Å². The summed E-state index contributed by atoms with van der Waals surface area (Å²) in [5.41, 5.74) is 0. The van der Waals surface area contributed by atoms with Crippen molar-refractivity contribution in [2.24, 2.45) is 0 Å². The molecule has 0 spiro atoms. The fraction of sp³-hybridized carbons (Fsp3) is 0.667.